The minimum Gasteiger partial charge on any atom is -0.503 e. The number of benzene rings is 1. The summed E-state index contributed by atoms with van der Waals surface area (Å²) in [7, 11) is 0. The lowest BCUT2D eigenvalue weighted by atomic mass is 10.1. The zero-order valence-corrected chi connectivity index (χ0v) is 9.70. The maximum absolute atomic E-state index is 13.0. The van der Waals surface area contributed by atoms with Crippen LogP contribution < -0.4 is 5.32 Å². The third-order valence-electron chi connectivity index (χ3n) is 2.32. The molecule has 1 atom stereocenters. The number of carbonyl (C=O) groups is 1. The normalized spacial score (nSPS) is 11.7. The molecule has 1 amide bonds. The zero-order valence-electron chi connectivity index (χ0n) is 9.70. The summed E-state index contributed by atoms with van der Waals surface area (Å²) in [5, 5.41) is 20.0. The van der Waals surface area contributed by atoms with Gasteiger partial charge in [0.15, 0.2) is 17.4 Å². The molecule has 18 heavy (non-hydrogen) atoms. The smallest absolute Gasteiger partial charge is 0.252 e. The topological polar surface area (TPSA) is 73.1 Å². The number of rotatable bonds is 4. The molecule has 6 heteroatoms. The summed E-state index contributed by atoms with van der Waals surface area (Å²) in [6.07, 6.45) is 1.14. The molecule has 1 unspecified atom stereocenters. The zero-order chi connectivity index (χ0) is 13.7. The lowest BCUT2D eigenvalue weighted by Gasteiger charge is -2.10. The van der Waals surface area contributed by atoms with Crippen molar-refractivity contribution in [3.05, 3.63) is 29.3 Å². The largest absolute Gasteiger partial charge is 0.503 e. The van der Waals surface area contributed by atoms with Crippen molar-refractivity contribution in [1.82, 2.24) is 5.32 Å². The molecule has 4 nitrogen and oxygen atoms in total. The van der Waals surface area contributed by atoms with Crippen molar-refractivity contribution in [1.29, 1.82) is 5.26 Å². The second kappa shape index (κ2) is 5.96. The van der Waals surface area contributed by atoms with Crippen LogP contribution in [0.3, 0.4) is 0 Å². The molecule has 0 saturated heterocycles. The summed E-state index contributed by atoms with van der Waals surface area (Å²) >= 11 is 0. The molecule has 0 heterocycles. The maximum atomic E-state index is 13.0. The van der Waals surface area contributed by atoms with Gasteiger partial charge in [-0.15, -0.1) is 0 Å². The fourth-order valence-corrected chi connectivity index (χ4v) is 1.40. The highest BCUT2D eigenvalue weighted by atomic mass is 19.1. The minimum atomic E-state index is -1.22. The van der Waals surface area contributed by atoms with Crippen LogP contribution in [0.25, 0.3) is 0 Å². The first-order valence-electron chi connectivity index (χ1n) is 5.38. The van der Waals surface area contributed by atoms with E-state index in [0.29, 0.717) is 25.0 Å². The van der Waals surface area contributed by atoms with E-state index in [1.54, 1.807) is 0 Å². The van der Waals surface area contributed by atoms with E-state index >= 15 is 0 Å². The molecule has 96 valence electrons. The van der Waals surface area contributed by atoms with Gasteiger partial charge in [0.25, 0.3) is 5.91 Å². The summed E-state index contributed by atoms with van der Waals surface area (Å²) in [6, 6.07) is 2.60. The van der Waals surface area contributed by atoms with Crippen LogP contribution in [-0.2, 0) is 0 Å². The van der Waals surface area contributed by atoms with Gasteiger partial charge in [-0.05, 0) is 18.6 Å². The Hall–Kier alpha value is -2.16. The van der Waals surface area contributed by atoms with Crippen molar-refractivity contribution in [2.24, 2.45) is 0 Å². The number of hydrogen-bond acceptors (Lipinski definition) is 3. The fraction of sp³-hybridized carbons (Fsp3) is 0.333. The molecule has 0 aromatic heterocycles. The molecule has 0 aliphatic carbocycles. The summed E-state index contributed by atoms with van der Waals surface area (Å²) in [5.41, 5.74) is -0.279. The molecule has 1 aromatic rings. The Morgan fingerprint density at radius 2 is 2.06 bits per heavy atom. The maximum Gasteiger partial charge on any atom is 0.252 e. The van der Waals surface area contributed by atoms with Crippen molar-refractivity contribution >= 4 is 5.91 Å². The van der Waals surface area contributed by atoms with Gasteiger partial charge in [0.1, 0.15) is 6.04 Å². The number of nitrogens with zero attached hydrogens (tertiary/aromatic N) is 1. The number of nitriles is 1. The van der Waals surface area contributed by atoms with E-state index in [4.69, 9.17) is 10.4 Å². The molecule has 0 saturated carbocycles. The standard InChI is InChI=1S/C12H12F2N2O2/c1-2-3-8(6-15)16-12(18)7-4-9(13)11(17)10(14)5-7/h4-5,8,17H,2-3H2,1H3,(H,16,18). The Morgan fingerprint density at radius 3 is 2.50 bits per heavy atom. The van der Waals surface area contributed by atoms with Gasteiger partial charge in [0.2, 0.25) is 0 Å². The molecular formula is C12H12F2N2O2. The summed E-state index contributed by atoms with van der Waals surface area (Å²) in [5.74, 6) is -4.32. The fourth-order valence-electron chi connectivity index (χ4n) is 1.40. The van der Waals surface area contributed by atoms with Crippen LogP contribution in [0.1, 0.15) is 30.1 Å². The predicted molar refractivity (Wildman–Crippen MR) is 59.8 cm³/mol. The van der Waals surface area contributed by atoms with Crippen molar-refractivity contribution in [3.8, 4) is 11.8 Å². The molecule has 0 aliphatic rings. The minimum absolute atomic E-state index is 0.279. The second-order valence-corrected chi connectivity index (χ2v) is 3.73. The highest BCUT2D eigenvalue weighted by molar-refractivity contribution is 5.94. The van der Waals surface area contributed by atoms with Crippen molar-refractivity contribution < 1.29 is 18.7 Å². The molecular weight excluding hydrogens is 242 g/mol. The van der Waals surface area contributed by atoms with Crippen LogP contribution in [0, 0.1) is 23.0 Å². The molecule has 1 rings (SSSR count). The Balaban J connectivity index is 2.88. The van der Waals surface area contributed by atoms with E-state index in [1.807, 2.05) is 13.0 Å². The quantitative estimate of drug-likeness (QED) is 0.864. The number of amides is 1. The highest BCUT2D eigenvalue weighted by Crippen LogP contribution is 2.21. The third kappa shape index (κ3) is 3.17. The Morgan fingerprint density at radius 1 is 1.50 bits per heavy atom. The third-order valence-corrected chi connectivity index (χ3v) is 2.32. The first kappa shape index (κ1) is 13.9. The van der Waals surface area contributed by atoms with E-state index in [0.717, 1.165) is 0 Å². The van der Waals surface area contributed by atoms with Gasteiger partial charge in [-0.3, -0.25) is 4.79 Å². The van der Waals surface area contributed by atoms with Gasteiger partial charge >= 0.3 is 0 Å². The molecule has 2 N–H and O–H groups in total. The average Bonchev–Trinajstić information content (AvgIpc) is 2.34. The Labute approximate surface area is 103 Å². The molecule has 0 aliphatic heterocycles. The number of phenols is 1. The molecule has 0 fully saturated rings. The Kier molecular flexibility index (Phi) is 4.60. The van der Waals surface area contributed by atoms with Gasteiger partial charge in [-0.1, -0.05) is 13.3 Å². The van der Waals surface area contributed by atoms with Crippen molar-refractivity contribution in [2.75, 3.05) is 0 Å². The molecule has 1 aromatic carbocycles. The average molecular weight is 254 g/mol. The van der Waals surface area contributed by atoms with Crippen LogP contribution in [0.2, 0.25) is 0 Å². The summed E-state index contributed by atoms with van der Waals surface area (Å²) in [4.78, 5) is 11.6. The van der Waals surface area contributed by atoms with E-state index in [2.05, 4.69) is 5.32 Å². The first-order chi connectivity index (χ1) is 8.49. The second-order valence-electron chi connectivity index (χ2n) is 3.73. The highest BCUT2D eigenvalue weighted by Gasteiger charge is 2.17. The summed E-state index contributed by atoms with van der Waals surface area (Å²) < 4.78 is 26.1. The van der Waals surface area contributed by atoms with E-state index < -0.39 is 29.3 Å². The Bertz CT molecular complexity index is 474. The van der Waals surface area contributed by atoms with E-state index in [9.17, 15) is 13.6 Å². The summed E-state index contributed by atoms with van der Waals surface area (Å²) in [6.45, 7) is 1.84. The molecule has 0 bridgehead atoms. The first-order valence-corrected chi connectivity index (χ1v) is 5.38. The van der Waals surface area contributed by atoms with Crippen molar-refractivity contribution in [3.63, 3.8) is 0 Å². The molecule has 0 spiro atoms. The number of halogens is 2. The van der Waals surface area contributed by atoms with E-state index in [-0.39, 0.29) is 5.56 Å². The van der Waals surface area contributed by atoms with Crippen LogP contribution in [0.5, 0.6) is 5.75 Å². The van der Waals surface area contributed by atoms with Gasteiger partial charge in [-0.2, -0.15) is 5.26 Å². The van der Waals surface area contributed by atoms with Crippen LogP contribution >= 0.6 is 0 Å². The molecule has 0 radical (unpaired) electrons. The SMILES string of the molecule is CCCC(C#N)NC(=O)c1cc(F)c(O)c(F)c1. The lowest BCUT2D eigenvalue weighted by molar-refractivity contribution is 0.0943. The monoisotopic (exact) mass is 254 g/mol. The number of phenolic OH excluding ortho intramolecular Hbond substituents is 1. The van der Waals surface area contributed by atoms with Gasteiger partial charge in [0.05, 0.1) is 6.07 Å². The lowest BCUT2D eigenvalue weighted by Crippen LogP contribution is -2.33. The van der Waals surface area contributed by atoms with Crippen LogP contribution in [-0.4, -0.2) is 17.1 Å². The van der Waals surface area contributed by atoms with Gasteiger partial charge in [-0.25, -0.2) is 8.78 Å². The number of aromatic hydroxyl groups is 1. The van der Waals surface area contributed by atoms with Crippen LogP contribution in [0.15, 0.2) is 12.1 Å². The van der Waals surface area contributed by atoms with Gasteiger partial charge < -0.3 is 10.4 Å². The number of hydrogen-bond donors (Lipinski definition) is 2. The van der Waals surface area contributed by atoms with E-state index in [1.165, 1.54) is 0 Å². The predicted octanol–water partition coefficient (Wildman–Crippen LogP) is 2.09. The van der Waals surface area contributed by atoms with Gasteiger partial charge in [0, 0.05) is 5.56 Å². The van der Waals surface area contributed by atoms with Crippen LogP contribution in [0.4, 0.5) is 8.78 Å². The van der Waals surface area contributed by atoms with Crippen molar-refractivity contribution in [2.45, 2.75) is 25.8 Å². The number of carbonyl (C=O) groups excluding carboxylic acids is 1. The number of nitrogens with one attached hydrogen (secondary N) is 1.